The molecular formula is C32H40F4N6O14. The largest absolute Gasteiger partial charge is 0.463 e. The number of esters is 2. The van der Waals surface area contributed by atoms with Crippen molar-refractivity contribution in [3.63, 3.8) is 0 Å². The lowest BCUT2D eigenvalue weighted by Gasteiger charge is -2.21. The molecule has 0 aromatic carbocycles. The first-order valence-electron chi connectivity index (χ1n) is 17.3. The van der Waals surface area contributed by atoms with E-state index in [2.05, 4.69) is 20.6 Å². The second kappa shape index (κ2) is 19.1. The number of aliphatic hydroxyl groups excluding tert-OH is 2. The van der Waals surface area contributed by atoms with Gasteiger partial charge in [-0.3, -0.25) is 29.4 Å². The first-order chi connectivity index (χ1) is 26.5. The summed E-state index contributed by atoms with van der Waals surface area (Å²) in [5.41, 5.74) is -2.57. The number of halogens is 4. The molecule has 2 aromatic rings. The van der Waals surface area contributed by atoms with Gasteiger partial charge in [0.1, 0.15) is 37.1 Å². The summed E-state index contributed by atoms with van der Waals surface area (Å²) in [4.78, 5) is 80.1. The Hall–Kier alpha value is -5.20. The molecule has 20 nitrogen and oxygen atoms in total. The van der Waals surface area contributed by atoms with E-state index in [9.17, 15) is 56.5 Å². The van der Waals surface area contributed by atoms with Crippen LogP contribution in [-0.4, -0.2) is 116 Å². The first-order valence-corrected chi connectivity index (χ1v) is 17.3. The molecule has 310 valence electrons. The zero-order valence-corrected chi connectivity index (χ0v) is 29.9. The highest BCUT2D eigenvalue weighted by atomic mass is 19.3. The molecule has 0 aliphatic carbocycles. The third kappa shape index (κ3) is 10.8. The predicted molar refractivity (Wildman–Crippen MR) is 178 cm³/mol. The van der Waals surface area contributed by atoms with Crippen LogP contribution in [0.2, 0.25) is 0 Å². The van der Waals surface area contributed by atoms with Crippen molar-refractivity contribution >= 4 is 35.8 Å². The molecule has 2 saturated heterocycles. The fraction of sp³-hybridized carbons (Fsp3) is 0.625. The number of unbranched alkanes of at least 4 members (excludes halogenated alkanes) is 2. The second-order valence-corrected chi connectivity index (χ2v) is 12.4. The smallest absolute Gasteiger partial charge is 0.412 e. The van der Waals surface area contributed by atoms with Crippen LogP contribution in [0.4, 0.5) is 38.8 Å². The van der Waals surface area contributed by atoms with Crippen LogP contribution in [0.3, 0.4) is 0 Å². The minimum Gasteiger partial charge on any atom is -0.463 e. The third-order valence-electron chi connectivity index (χ3n) is 8.20. The van der Waals surface area contributed by atoms with Gasteiger partial charge < -0.3 is 38.6 Å². The molecule has 2 aromatic heterocycles. The zero-order chi connectivity index (χ0) is 41.2. The molecule has 0 unspecified atom stereocenters. The SMILES string of the molecule is CCCCOC(=O)Nc1ccn([C@H]2O[C@@H](COC(=O)CCC(=O)OC[C@H]3O[C@@H](n4ccc(NC(=O)OCCCC)nc4=O)C(F)(F)[C@@H]3O)[C@H](O)C2(F)F)c(=O)n1. The van der Waals surface area contributed by atoms with Crippen LogP contribution >= 0.6 is 0 Å². The second-order valence-electron chi connectivity index (χ2n) is 12.4. The Morgan fingerprint density at radius 2 is 1.09 bits per heavy atom. The maximum absolute atomic E-state index is 14.9. The van der Waals surface area contributed by atoms with Crippen molar-refractivity contribution in [1.29, 1.82) is 0 Å². The fourth-order valence-corrected chi connectivity index (χ4v) is 5.13. The van der Waals surface area contributed by atoms with Crippen LogP contribution in [0.15, 0.2) is 34.1 Å². The number of amides is 2. The number of hydrogen-bond acceptors (Lipinski definition) is 16. The van der Waals surface area contributed by atoms with E-state index >= 15 is 0 Å². The number of ether oxygens (including phenoxy) is 6. The van der Waals surface area contributed by atoms with E-state index in [1.165, 1.54) is 0 Å². The van der Waals surface area contributed by atoms with Crippen LogP contribution in [-0.2, 0) is 38.0 Å². The van der Waals surface area contributed by atoms with Gasteiger partial charge in [-0.1, -0.05) is 26.7 Å². The lowest BCUT2D eigenvalue weighted by Crippen LogP contribution is -2.42. The van der Waals surface area contributed by atoms with E-state index in [4.69, 9.17) is 28.4 Å². The third-order valence-corrected chi connectivity index (χ3v) is 8.20. The molecule has 56 heavy (non-hydrogen) atoms. The average Bonchev–Trinajstić information content (AvgIpc) is 3.50. The molecular weight excluding hydrogens is 768 g/mol. The van der Waals surface area contributed by atoms with E-state index in [0.717, 1.165) is 37.4 Å². The Labute approximate surface area is 314 Å². The number of nitrogens with one attached hydrogen (secondary N) is 2. The lowest BCUT2D eigenvalue weighted by atomic mass is 10.1. The highest BCUT2D eigenvalue weighted by molar-refractivity contribution is 5.83. The monoisotopic (exact) mass is 808 g/mol. The van der Waals surface area contributed by atoms with Crippen LogP contribution in [0, 0.1) is 0 Å². The van der Waals surface area contributed by atoms with Gasteiger partial charge >= 0.3 is 47.3 Å². The summed E-state index contributed by atoms with van der Waals surface area (Å²) >= 11 is 0. The Morgan fingerprint density at radius 3 is 1.43 bits per heavy atom. The Kier molecular flexibility index (Phi) is 14.8. The summed E-state index contributed by atoms with van der Waals surface area (Å²) in [5.74, 6) is -11.1. The van der Waals surface area contributed by atoms with Crippen LogP contribution in [0.1, 0.15) is 64.8 Å². The summed E-state index contributed by atoms with van der Waals surface area (Å²) in [6, 6.07) is 2.02. The van der Waals surface area contributed by atoms with Gasteiger partial charge in [-0.25, -0.2) is 19.2 Å². The number of hydrogen-bond donors (Lipinski definition) is 4. The number of aromatic nitrogens is 4. The van der Waals surface area contributed by atoms with Crippen molar-refractivity contribution in [3.8, 4) is 0 Å². The van der Waals surface area contributed by atoms with Crippen molar-refractivity contribution < 1.29 is 75.4 Å². The maximum atomic E-state index is 14.9. The molecule has 0 spiro atoms. The fourth-order valence-electron chi connectivity index (χ4n) is 5.13. The van der Waals surface area contributed by atoms with Crippen molar-refractivity contribution in [2.24, 2.45) is 0 Å². The van der Waals surface area contributed by atoms with Gasteiger partial charge in [0, 0.05) is 12.4 Å². The van der Waals surface area contributed by atoms with Crippen LogP contribution in [0.5, 0.6) is 0 Å². The van der Waals surface area contributed by atoms with Gasteiger partial charge in [-0.15, -0.1) is 0 Å². The minimum absolute atomic E-state index is 0.100. The minimum atomic E-state index is -4.09. The van der Waals surface area contributed by atoms with Gasteiger partial charge in [0.25, 0.3) is 0 Å². The molecule has 6 atom stereocenters. The molecule has 2 fully saturated rings. The van der Waals surface area contributed by atoms with Crippen LogP contribution in [0.25, 0.3) is 0 Å². The lowest BCUT2D eigenvalue weighted by molar-refractivity contribution is -0.157. The molecule has 0 radical (unpaired) electrons. The highest BCUT2D eigenvalue weighted by Gasteiger charge is 2.61. The molecule has 4 rings (SSSR count). The molecule has 0 bridgehead atoms. The summed E-state index contributed by atoms with van der Waals surface area (Å²) in [5, 5.41) is 24.7. The molecule has 4 N–H and O–H groups in total. The highest BCUT2D eigenvalue weighted by Crippen LogP contribution is 2.43. The van der Waals surface area contributed by atoms with Crippen molar-refractivity contribution in [3.05, 3.63) is 45.5 Å². The maximum Gasteiger partial charge on any atom is 0.412 e. The van der Waals surface area contributed by atoms with Gasteiger partial charge in [-0.05, 0) is 25.0 Å². The van der Waals surface area contributed by atoms with E-state index in [0.29, 0.717) is 22.0 Å². The standard InChI is InChI=1S/C32H40F4N6O14/c1-3-5-13-51-29(49)39-19-9-11-41(27(47)37-19)25-31(33,34)23(45)17(55-25)15-53-21(43)7-8-22(44)54-16-18-24(46)32(35,36)26(56-18)42-12-10-20(38-28(42)48)40-30(50)52-14-6-4-2/h9-12,17-18,23-26,45-46H,3-8,13-16H2,1-2H3,(H,37,39,47,49)(H,38,40,48,50)/t17-,18+,23-,24+,25-,26+. The predicted octanol–water partition coefficient (Wildman–Crippen LogP) is 1.85. The van der Waals surface area contributed by atoms with Crippen molar-refractivity contribution in [1.82, 2.24) is 19.1 Å². The zero-order valence-electron chi connectivity index (χ0n) is 29.9. The molecule has 4 heterocycles. The van der Waals surface area contributed by atoms with Gasteiger partial charge in [0.05, 0.1) is 26.1 Å². The molecule has 2 aliphatic rings. The number of carbonyl (C=O) groups is 4. The van der Waals surface area contributed by atoms with Gasteiger partial charge in [-0.2, -0.15) is 27.5 Å². The number of alkyl halides is 4. The van der Waals surface area contributed by atoms with E-state index in [1.807, 2.05) is 13.8 Å². The number of nitrogens with zero attached hydrogens (tertiary/aromatic N) is 4. The quantitative estimate of drug-likeness (QED) is 0.0770. The van der Waals surface area contributed by atoms with Crippen molar-refractivity contribution in [2.75, 3.05) is 37.1 Å². The Morgan fingerprint density at radius 1 is 0.714 bits per heavy atom. The summed E-state index contributed by atoms with van der Waals surface area (Å²) in [7, 11) is 0. The van der Waals surface area contributed by atoms with E-state index in [-0.39, 0.29) is 24.8 Å². The summed E-state index contributed by atoms with van der Waals surface area (Å²) in [6.45, 7) is 2.05. The van der Waals surface area contributed by atoms with Gasteiger partial charge in [0.15, 0.2) is 12.2 Å². The van der Waals surface area contributed by atoms with Crippen LogP contribution < -0.4 is 22.0 Å². The molecule has 24 heteroatoms. The average molecular weight is 809 g/mol. The first kappa shape index (κ1) is 43.5. The number of anilines is 2. The van der Waals surface area contributed by atoms with E-state index < -0.39 is 110 Å². The molecule has 2 amide bonds. The summed E-state index contributed by atoms with van der Waals surface area (Å²) < 4.78 is 90.2. The number of aliphatic hydroxyl groups is 2. The topological polar surface area (TPSA) is 258 Å². The van der Waals surface area contributed by atoms with E-state index in [1.54, 1.807) is 0 Å². The normalized spacial score (nSPS) is 23.6. The number of carbonyl (C=O) groups excluding carboxylic acids is 4. The Balaban J connectivity index is 1.23. The Bertz CT molecular complexity index is 1700. The van der Waals surface area contributed by atoms with Crippen molar-refractivity contribution in [2.45, 2.75) is 101 Å². The summed E-state index contributed by atoms with van der Waals surface area (Å²) in [6.07, 6.45) is -12.5. The molecule has 2 aliphatic heterocycles. The molecule has 0 saturated carbocycles. The van der Waals surface area contributed by atoms with Gasteiger partial charge in [0.2, 0.25) is 12.5 Å². The number of rotatable bonds is 17.